The van der Waals surface area contributed by atoms with Crippen molar-refractivity contribution in [1.82, 2.24) is 0 Å². The fraction of sp³-hybridized carbons (Fsp3) is 0.444. The van der Waals surface area contributed by atoms with Gasteiger partial charge in [-0.05, 0) is 0 Å². The SMILES string of the molecule is CCCCCCCCCCCCCCCC(=O)OP(OC(C)=O)(c1ccccc1)(c1ccccc1)c1ccccc1. The van der Waals surface area contributed by atoms with Gasteiger partial charge in [0.25, 0.3) is 0 Å². The van der Waals surface area contributed by atoms with Crippen LogP contribution in [0.1, 0.15) is 104 Å². The molecule has 0 bridgehead atoms. The molecule has 0 amide bonds. The number of benzene rings is 3. The van der Waals surface area contributed by atoms with Crippen LogP contribution in [-0.4, -0.2) is 11.9 Å². The molecule has 0 saturated carbocycles. The number of rotatable bonds is 19. The summed E-state index contributed by atoms with van der Waals surface area (Å²) in [6, 6.07) is 28.5. The van der Waals surface area contributed by atoms with Crippen molar-refractivity contribution >= 4 is 34.9 Å². The molecule has 0 atom stereocenters. The van der Waals surface area contributed by atoms with E-state index in [1.165, 1.54) is 71.1 Å². The number of hydrogen-bond donors (Lipinski definition) is 0. The first-order valence-corrected chi connectivity index (χ1v) is 17.7. The van der Waals surface area contributed by atoms with Crippen LogP contribution in [0.25, 0.3) is 0 Å². The third-order valence-corrected chi connectivity index (χ3v) is 12.6. The summed E-state index contributed by atoms with van der Waals surface area (Å²) in [4.78, 5) is 26.6. The maximum atomic E-state index is 13.7. The van der Waals surface area contributed by atoms with Crippen LogP contribution in [0.3, 0.4) is 0 Å². The van der Waals surface area contributed by atoms with Gasteiger partial charge in [0.15, 0.2) is 0 Å². The molecule has 3 aromatic rings. The summed E-state index contributed by atoms with van der Waals surface area (Å²) in [5, 5.41) is 2.06. The Hall–Kier alpha value is -2.97. The van der Waals surface area contributed by atoms with E-state index in [2.05, 4.69) is 6.92 Å². The van der Waals surface area contributed by atoms with Crippen LogP contribution in [0.5, 0.6) is 0 Å². The van der Waals surface area contributed by atoms with Crippen molar-refractivity contribution < 1.29 is 18.6 Å². The third-order valence-electron chi connectivity index (χ3n) is 7.74. The second-order valence-corrected chi connectivity index (χ2v) is 14.8. The molecule has 0 aromatic heterocycles. The zero-order chi connectivity index (χ0) is 29.3. The molecular formula is C36H49O4P. The fourth-order valence-electron chi connectivity index (χ4n) is 5.65. The Morgan fingerprint density at radius 1 is 0.512 bits per heavy atom. The van der Waals surface area contributed by atoms with Gasteiger partial charge in [0.05, 0.1) is 0 Å². The topological polar surface area (TPSA) is 52.6 Å². The van der Waals surface area contributed by atoms with Crippen molar-refractivity contribution in [2.75, 3.05) is 0 Å². The predicted molar refractivity (Wildman–Crippen MR) is 173 cm³/mol. The maximum absolute atomic E-state index is 13.7. The third kappa shape index (κ3) is 8.76. The Morgan fingerprint density at radius 2 is 0.854 bits per heavy atom. The van der Waals surface area contributed by atoms with Crippen molar-refractivity contribution in [3.8, 4) is 0 Å². The average molecular weight is 577 g/mol. The molecule has 0 saturated heterocycles. The van der Waals surface area contributed by atoms with E-state index in [4.69, 9.17) is 9.05 Å². The molecule has 0 unspecified atom stereocenters. The number of carbonyl (C=O) groups is 2. The summed E-state index contributed by atoms with van der Waals surface area (Å²) in [6.45, 7) is 3.65. The van der Waals surface area contributed by atoms with Crippen molar-refractivity contribution in [3.05, 3.63) is 91.0 Å². The van der Waals surface area contributed by atoms with E-state index in [1.807, 2.05) is 91.0 Å². The van der Waals surface area contributed by atoms with Gasteiger partial charge in [-0.3, -0.25) is 0 Å². The molecule has 5 heteroatoms. The fourth-order valence-corrected chi connectivity index (χ4v) is 10.3. The van der Waals surface area contributed by atoms with Crippen LogP contribution < -0.4 is 15.9 Å². The first kappa shape index (κ1) is 32.5. The molecule has 0 aliphatic heterocycles. The van der Waals surface area contributed by atoms with E-state index in [1.54, 1.807) is 0 Å². The number of hydrogen-bond acceptors (Lipinski definition) is 4. The summed E-state index contributed by atoms with van der Waals surface area (Å²) in [5.41, 5.74) is 0. The van der Waals surface area contributed by atoms with E-state index in [0.717, 1.165) is 19.3 Å². The summed E-state index contributed by atoms with van der Waals surface area (Å²) in [7, 11) is -4.43. The van der Waals surface area contributed by atoms with Crippen LogP contribution in [0, 0.1) is 0 Å². The van der Waals surface area contributed by atoms with E-state index in [-0.39, 0.29) is 12.4 Å². The van der Waals surface area contributed by atoms with Crippen LogP contribution in [0.2, 0.25) is 0 Å². The van der Waals surface area contributed by atoms with Crippen molar-refractivity contribution in [2.24, 2.45) is 0 Å². The average Bonchev–Trinajstić information content (AvgIpc) is 3.00. The molecule has 4 nitrogen and oxygen atoms in total. The summed E-state index contributed by atoms with van der Waals surface area (Å²) < 4.78 is 13.1. The molecule has 0 heterocycles. The van der Waals surface area contributed by atoms with Crippen molar-refractivity contribution in [1.29, 1.82) is 0 Å². The first-order valence-electron chi connectivity index (χ1n) is 15.6. The summed E-state index contributed by atoms with van der Waals surface area (Å²) in [5.74, 6) is -0.837. The van der Waals surface area contributed by atoms with Crippen molar-refractivity contribution in [3.63, 3.8) is 0 Å². The molecule has 222 valence electrons. The molecule has 0 radical (unpaired) electrons. The zero-order valence-electron chi connectivity index (χ0n) is 25.1. The number of carbonyl (C=O) groups excluding carboxylic acids is 2. The molecule has 0 spiro atoms. The normalized spacial score (nSPS) is 12.3. The van der Waals surface area contributed by atoms with Crippen LogP contribution in [0.15, 0.2) is 91.0 Å². The Kier molecular flexibility index (Phi) is 13.6. The van der Waals surface area contributed by atoms with Gasteiger partial charge in [-0.2, -0.15) is 0 Å². The molecule has 0 fully saturated rings. The number of unbranched alkanes of at least 4 members (excludes halogenated alkanes) is 12. The van der Waals surface area contributed by atoms with Gasteiger partial charge in [-0.25, -0.2) is 0 Å². The van der Waals surface area contributed by atoms with Crippen molar-refractivity contribution in [2.45, 2.75) is 104 Å². The van der Waals surface area contributed by atoms with E-state index >= 15 is 0 Å². The minimum atomic E-state index is -4.43. The molecule has 3 rings (SSSR count). The quantitative estimate of drug-likeness (QED) is 0.106. The van der Waals surface area contributed by atoms with Gasteiger partial charge < -0.3 is 0 Å². The van der Waals surface area contributed by atoms with Gasteiger partial charge >= 0.3 is 216 Å². The minimum absolute atomic E-state index is 0.281. The molecule has 3 aromatic carbocycles. The Morgan fingerprint density at radius 3 is 1.20 bits per heavy atom. The van der Waals surface area contributed by atoms with Gasteiger partial charge in [-0.1, -0.05) is 32.6 Å². The zero-order valence-corrected chi connectivity index (χ0v) is 26.0. The van der Waals surface area contributed by atoms with E-state index in [9.17, 15) is 9.59 Å². The second-order valence-electron chi connectivity index (χ2n) is 11.0. The molecule has 41 heavy (non-hydrogen) atoms. The van der Waals surface area contributed by atoms with Crippen LogP contribution >= 0.6 is 7.06 Å². The van der Waals surface area contributed by atoms with Crippen LogP contribution in [0.4, 0.5) is 0 Å². The van der Waals surface area contributed by atoms with Crippen LogP contribution in [-0.2, 0) is 18.6 Å². The predicted octanol–water partition coefficient (Wildman–Crippen LogP) is 8.93. The Labute approximate surface area is 248 Å². The van der Waals surface area contributed by atoms with E-state index < -0.39 is 13.0 Å². The first-order chi connectivity index (χ1) is 20.0. The monoisotopic (exact) mass is 576 g/mol. The molecule has 0 N–H and O–H groups in total. The molecule has 0 aliphatic carbocycles. The summed E-state index contributed by atoms with van der Waals surface area (Å²) >= 11 is 0. The van der Waals surface area contributed by atoms with E-state index in [0.29, 0.717) is 15.9 Å². The van der Waals surface area contributed by atoms with Gasteiger partial charge in [0.1, 0.15) is 0 Å². The van der Waals surface area contributed by atoms with Gasteiger partial charge in [0.2, 0.25) is 0 Å². The Balaban J connectivity index is 1.70. The van der Waals surface area contributed by atoms with Gasteiger partial charge in [-0.15, -0.1) is 0 Å². The Bertz CT molecular complexity index is 1060. The molecular weight excluding hydrogens is 527 g/mol. The molecule has 0 aliphatic rings. The standard InChI is InChI=1S/C36H49O4P/c1-3-4-5-6-7-8-9-10-11-12-13-14-24-31-36(38)40-41(39-32(2)37,33-25-18-15-19-26-33,34-27-20-16-21-28-34)35-29-22-17-23-30-35/h15-23,25-30H,3-14,24,31H2,1-2H3. The summed E-state index contributed by atoms with van der Waals surface area (Å²) in [6.07, 6.45) is 16.4. The second kappa shape index (κ2) is 17.1. The van der Waals surface area contributed by atoms with Gasteiger partial charge in [0, 0.05) is 0 Å².